The molecule has 0 aliphatic heterocycles. The predicted molar refractivity (Wildman–Crippen MR) is 73.6 cm³/mol. The second kappa shape index (κ2) is 4.85. The van der Waals surface area contributed by atoms with Crippen LogP contribution in [0.5, 0.6) is 0 Å². The van der Waals surface area contributed by atoms with Gasteiger partial charge in [0.2, 0.25) is 0 Å². The van der Waals surface area contributed by atoms with Crippen LogP contribution >= 0.6 is 12.9 Å². The van der Waals surface area contributed by atoms with Gasteiger partial charge in [0.05, 0.1) is 0 Å². The highest BCUT2D eigenvalue weighted by Crippen LogP contribution is 2.55. The molecule has 0 radical (unpaired) electrons. The summed E-state index contributed by atoms with van der Waals surface area (Å²) in [5.74, 6) is 1.90. The molecule has 2 heteroatoms. The Morgan fingerprint density at radius 3 is 1.40 bits per heavy atom. The Hall–Kier alpha value is 1.25. The van der Waals surface area contributed by atoms with Crippen molar-refractivity contribution in [1.82, 2.24) is 0 Å². The molecule has 2 atom stereocenters. The van der Waals surface area contributed by atoms with E-state index < -0.39 is 0 Å². The van der Waals surface area contributed by atoms with Gasteiger partial charge >= 0.3 is 18.2 Å². The molecule has 86 valence electrons. The van der Waals surface area contributed by atoms with E-state index in [1.54, 1.807) is 0 Å². The number of halogens is 1. The first kappa shape index (κ1) is 14.3. The molecule has 0 saturated heterocycles. The lowest BCUT2D eigenvalue weighted by molar-refractivity contribution is 0.198. The van der Waals surface area contributed by atoms with Crippen LogP contribution in [0.15, 0.2) is 0 Å². The van der Waals surface area contributed by atoms with Gasteiger partial charge in [0.15, 0.2) is 0 Å². The predicted octanol–water partition coefficient (Wildman–Crippen LogP) is 4.91. The van der Waals surface area contributed by atoms with Gasteiger partial charge in [-0.3, -0.25) is 0 Å². The number of hydrogen-bond acceptors (Lipinski definition) is 0. The molecule has 0 amide bonds. The van der Waals surface area contributed by atoms with Crippen LogP contribution in [0.4, 0.5) is 0 Å². The zero-order valence-corrected chi connectivity index (χ0v) is 14.2. The molecule has 15 heavy (non-hydrogen) atoms. The highest BCUT2D eigenvalue weighted by Gasteiger charge is 2.45. The Bertz CT molecular complexity index is 190. The van der Waals surface area contributed by atoms with E-state index in [0.717, 1.165) is 15.9 Å². The van der Waals surface area contributed by atoms with Crippen molar-refractivity contribution in [2.45, 2.75) is 58.4 Å². The van der Waals surface area contributed by atoms with E-state index in [9.17, 15) is 0 Å². The van der Waals surface area contributed by atoms with Crippen molar-refractivity contribution < 1.29 is 0 Å². The number of hydrogen-bond donors (Lipinski definition) is 0. The molecule has 2 unspecified atom stereocenters. The zero-order chi connectivity index (χ0) is 11.9. The van der Waals surface area contributed by atoms with Gasteiger partial charge in [-0.1, -0.05) is 66.2 Å². The van der Waals surface area contributed by atoms with Crippen LogP contribution in [-0.2, 0) is 0 Å². The summed E-state index contributed by atoms with van der Waals surface area (Å²) in [4.78, 5) is 0. The topological polar surface area (TPSA) is 0 Å². The third kappa shape index (κ3) is 3.35. The standard InChI is InChI=1S/C13H25.BrH.Mg/c1-12(2,3)10-7-8-11(9-10)13(4,5)6;;/h9-11H,7-8H2,1-6H3;1H;/q;;+1/p-1. The first-order chi connectivity index (χ1) is 6.68. The third-order valence-corrected chi connectivity index (χ3v) is 7.96. The summed E-state index contributed by atoms with van der Waals surface area (Å²) in [7, 11) is 0. The molecule has 0 aromatic rings. The van der Waals surface area contributed by atoms with E-state index in [1.807, 2.05) is 0 Å². The zero-order valence-electron chi connectivity index (χ0n) is 11.2. The molecule has 0 nitrogen and oxygen atoms in total. The fourth-order valence-corrected chi connectivity index (χ4v) is 8.46. The molecular formula is C13H25BrMg. The first-order valence-corrected chi connectivity index (χ1v) is 11.0. The minimum atomic E-state index is -0.0516. The van der Waals surface area contributed by atoms with E-state index in [4.69, 9.17) is 0 Å². The van der Waals surface area contributed by atoms with Crippen LogP contribution in [0.25, 0.3) is 0 Å². The van der Waals surface area contributed by atoms with Crippen molar-refractivity contribution in [2.75, 3.05) is 0 Å². The summed E-state index contributed by atoms with van der Waals surface area (Å²) in [5, 5.41) is 0. The van der Waals surface area contributed by atoms with E-state index in [-0.39, 0.29) is 18.2 Å². The molecule has 1 aliphatic carbocycles. The fraction of sp³-hybridized carbons (Fsp3) is 1.00. The monoisotopic (exact) mass is 284 g/mol. The lowest BCUT2D eigenvalue weighted by Gasteiger charge is -2.38. The third-order valence-electron chi connectivity index (χ3n) is 4.23. The molecular weight excluding hydrogens is 260 g/mol. The van der Waals surface area contributed by atoms with Crippen molar-refractivity contribution in [3.05, 3.63) is 0 Å². The second-order valence-electron chi connectivity index (χ2n) is 7.34. The lowest BCUT2D eigenvalue weighted by atomic mass is 9.74. The van der Waals surface area contributed by atoms with Crippen LogP contribution in [-0.4, -0.2) is 18.2 Å². The Balaban J connectivity index is 2.83. The molecule has 0 spiro atoms. The Labute approximate surface area is 112 Å². The van der Waals surface area contributed by atoms with Crippen LogP contribution in [0.2, 0.25) is 4.05 Å². The maximum atomic E-state index is 3.88. The Morgan fingerprint density at radius 2 is 1.20 bits per heavy atom. The van der Waals surface area contributed by atoms with Gasteiger partial charge in [0.1, 0.15) is 0 Å². The SMILES string of the molecule is CC(C)(C)C1CCC(C(C)(C)C)[CH]1[Mg][Br]. The van der Waals surface area contributed by atoms with Gasteiger partial charge in [-0.25, -0.2) is 0 Å². The molecule has 0 N–H and O–H groups in total. The molecule has 1 aliphatic rings. The Kier molecular flexibility index (Phi) is 4.63. The molecule has 1 fully saturated rings. The summed E-state index contributed by atoms with van der Waals surface area (Å²) in [6.07, 6.45) is 2.91. The quantitative estimate of drug-likeness (QED) is 0.601. The molecule has 0 bridgehead atoms. The summed E-state index contributed by atoms with van der Waals surface area (Å²) in [6, 6.07) is 0. The lowest BCUT2D eigenvalue weighted by Crippen LogP contribution is -2.29. The van der Waals surface area contributed by atoms with Crippen LogP contribution < -0.4 is 0 Å². The molecule has 1 rings (SSSR count). The molecule has 0 aromatic carbocycles. The highest BCUT2D eigenvalue weighted by atomic mass is 79.9. The Morgan fingerprint density at radius 1 is 0.867 bits per heavy atom. The van der Waals surface area contributed by atoms with Gasteiger partial charge in [-0.15, -0.1) is 4.05 Å². The van der Waals surface area contributed by atoms with Gasteiger partial charge in [-0.05, 0) is 10.8 Å². The molecule has 0 heterocycles. The maximum Gasteiger partial charge on any atom is 0.472 e. The number of rotatable bonds is 1. The van der Waals surface area contributed by atoms with Crippen molar-refractivity contribution in [1.29, 1.82) is 0 Å². The van der Waals surface area contributed by atoms with Crippen LogP contribution in [0.1, 0.15) is 54.4 Å². The molecule has 0 aromatic heterocycles. The van der Waals surface area contributed by atoms with Crippen molar-refractivity contribution in [2.24, 2.45) is 22.7 Å². The summed E-state index contributed by atoms with van der Waals surface area (Å²) in [5.41, 5.74) is 1.01. The fourth-order valence-electron chi connectivity index (χ4n) is 3.43. The first-order valence-electron chi connectivity index (χ1n) is 6.24. The highest BCUT2D eigenvalue weighted by molar-refractivity contribution is 9.23. The van der Waals surface area contributed by atoms with E-state index in [2.05, 4.69) is 54.4 Å². The van der Waals surface area contributed by atoms with E-state index in [1.165, 1.54) is 12.8 Å². The minimum Gasteiger partial charge on any atom is -0.306 e. The van der Waals surface area contributed by atoms with E-state index in [0.29, 0.717) is 10.8 Å². The van der Waals surface area contributed by atoms with Gasteiger partial charge in [0, 0.05) is 0 Å². The van der Waals surface area contributed by atoms with Gasteiger partial charge < -0.3 is 12.9 Å². The average molecular weight is 286 g/mol. The minimum absolute atomic E-state index is 0.0516. The van der Waals surface area contributed by atoms with E-state index >= 15 is 0 Å². The smallest absolute Gasteiger partial charge is 0.306 e. The van der Waals surface area contributed by atoms with Crippen LogP contribution in [0.3, 0.4) is 0 Å². The normalized spacial score (nSPS) is 32.9. The average Bonchev–Trinajstić information content (AvgIpc) is 2.43. The summed E-state index contributed by atoms with van der Waals surface area (Å²) < 4.78 is 1.00. The van der Waals surface area contributed by atoms with Gasteiger partial charge in [0.25, 0.3) is 0 Å². The van der Waals surface area contributed by atoms with Crippen molar-refractivity contribution >= 4 is 31.1 Å². The van der Waals surface area contributed by atoms with Gasteiger partial charge in [-0.2, -0.15) is 0 Å². The van der Waals surface area contributed by atoms with Crippen LogP contribution in [0, 0.1) is 22.7 Å². The maximum absolute atomic E-state index is 3.88. The summed E-state index contributed by atoms with van der Waals surface area (Å²) in [6.45, 7) is 14.5. The second-order valence-corrected chi connectivity index (χ2v) is 10.5. The summed E-state index contributed by atoms with van der Waals surface area (Å²) >= 11 is 3.83. The molecule has 1 saturated carbocycles. The largest absolute Gasteiger partial charge is 0.472 e. The van der Waals surface area contributed by atoms with Crippen molar-refractivity contribution in [3.63, 3.8) is 0 Å². The van der Waals surface area contributed by atoms with Crippen molar-refractivity contribution in [3.8, 4) is 0 Å².